The Morgan fingerprint density at radius 2 is 1.94 bits per heavy atom. The number of fused-ring (bicyclic) bond motifs is 5. The summed E-state index contributed by atoms with van der Waals surface area (Å²) in [6, 6.07) is 8.77. The van der Waals surface area contributed by atoms with Crippen molar-refractivity contribution >= 4 is 16.7 Å². The first-order chi connectivity index (χ1) is 15.5. The van der Waals surface area contributed by atoms with Crippen molar-refractivity contribution in [3.05, 3.63) is 62.9 Å². The maximum atomic E-state index is 13.1. The van der Waals surface area contributed by atoms with Crippen LogP contribution in [-0.2, 0) is 17.9 Å². The first-order valence-electron chi connectivity index (χ1n) is 10.6. The molecular formula is C23H24N4O5. The molecule has 2 aliphatic heterocycles. The monoisotopic (exact) mass is 436 g/mol. The summed E-state index contributed by atoms with van der Waals surface area (Å²) in [4.78, 5) is 40.3. The summed E-state index contributed by atoms with van der Waals surface area (Å²) in [5.74, 6) is 0.941. The van der Waals surface area contributed by atoms with Gasteiger partial charge in [0.1, 0.15) is 6.54 Å². The Morgan fingerprint density at radius 1 is 1.09 bits per heavy atom. The molecule has 0 unspecified atom stereocenters. The fourth-order valence-corrected chi connectivity index (χ4v) is 5.02. The fraction of sp³-hybridized carbons (Fsp3) is 0.391. The van der Waals surface area contributed by atoms with E-state index in [2.05, 4.69) is 5.10 Å². The summed E-state index contributed by atoms with van der Waals surface area (Å²) in [6.07, 6.45) is 2.51. The van der Waals surface area contributed by atoms with Crippen molar-refractivity contribution in [3.63, 3.8) is 0 Å². The number of pyridine rings is 1. The van der Waals surface area contributed by atoms with Gasteiger partial charge in [-0.25, -0.2) is 4.68 Å². The van der Waals surface area contributed by atoms with E-state index < -0.39 is 5.56 Å². The van der Waals surface area contributed by atoms with E-state index in [0.29, 0.717) is 41.9 Å². The predicted octanol–water partition coefficient (Wildman–Crippen LogP) is 1.22. The van der Waals surface area contributed by atoms with Gasteiger partial charge in [0.25, 0.3) is 11.1 Å². The van der Waals surface area contributed by atoms with Gasteiger partial charge in [0, 0.05) is 42.7 Å². The van der Waals surface area contributed by atoms with Crippen LogP contribution >= 0.6 is 0 Å². The molecule has 0 aliphatic carbocycles. The van der Waals surface area contributed by atoms with Crippen LogP contribution in [0.15, 0.2) is 46.1 Å². The molecule has 5 rings (SSSR count). The van der Waals surface area contributed by atoms with Crippen molar-refractivity contribution in [1.82, 2.24) is 19.2 Å². The van der Waals surface area contributed by atoms with Gasteiger partial charge in [-0.3, -0.25) is 14.4 Å². The van der Waals surface area contributed by atoms with Crippen LogP contribution in [0, 0.1) is 5.92 Å². The van der Waals surface area contributed by atoms with Crippen LogP contribution in [0.1, 0.15) is 18.0 Å². The maximum absolute atomic E-state index is 13.1. The van der Waals surface area contributed by atoms with Crippen LogP contribution in [0.3, 0.4) is 0 Å². The van der Waals surface area contributed by atoms with Gasteiger partial charge in [-0.05, 0) is 30.5 Å². The number of hydrogen-bond acceptors (Lipinski definition) is 6. The van der Waals surface area contributed by atoms with E-state index in [0.717, 1.165) is 12.1 Å². The molecule has 32 heavy (non-hydrogen) atoms. The topological polar surface area (TPSA) is 95.7 Å². The third kappa shape index (κ3) is 3.24. The zero-order valence-electron chi connectivity index (χ0n) is 18.0. The summed E-state index contributed by atoms with van der Waals surface area (Å²) in [5.41, 5.74) is 0.582. The number of rotatable bonds is 4. The Hall–Kier alpha value is -3.62. The van der Waals surface area contributed by atoms with Gasteiger partial charge in [0.15, 0.2) is 11.5 Å². The van der Waals surface area contributed by atoms with Crippen molar-refractivity contribution in [2.45, 2.75) is 25.4 Å². The third-order valence-electron chi connectivity index (χ3n) is 6.48. The summed E-state index contributed by atoms with van der Waals surface area (Å²) in [7, 11) is 2.98. The van der Waals surface area contributed by atoms with E-state index in [1.807, 2.05) is 10.6 Å². The SMILES string of the molecule is COc1ccc2cnn(CC(=O)N3C[C@@H]4C[C@H](C3)c3cccc(=O)n3C4)c(=O)c2c1OC. The Morgan fingerprint density at radius 3 is 2.72 bits per heavy atom. The van der Waals surface area contributed by atoms with Crippen LogP contribution in [0.2, 0.25) is 0 Å². The number of ether oxygens (including phenoxy) is 2. The largest absolute Gasteiger partial charge is 0.493 e. The lowest BCUT2D eigenvalue weighted by Crippen LogP contribution is -2.50. The molecule has 1 amide bonds. The number of amides is 1. The zero-order chi connectivity index (χ0) is 22.4. The minimum Gasteiger partial charge on any atom is -0.493 e. The van der Waals surface area contributed by atoms with Crippen molar-refractivity contribution in [1.29, 1.82) is 0 Å². The quantitative estimate of drug-likeness (QED) is 0.610. The first-order valence-corrected chi connectivity index (χ1v) is 10.6. The van der Waals surface area contributed by atoms with Crippen LogP contribution < -0.4 is 20.6 Å². The number of carbonyl (C=O) groups excluding carboxylic acids is 1. The van der Waals surface area contributed by atoms with Crippen molar-refractivity contribution in [2.24, 2.45) is 5.92 Å². The number of aromatic nitrogens is 3. The van der Waals surface area contributed by atoms with Crippen molar-refractivity contribution in [2.75, 3.05) is 27.3 Å². The molecule has 0 N–H and O–H groups in total. The Labute approximate surface area is 183 Å². The van der Waals surface area contributed by atoms with Crippen molar-refractivity contribution < 1.29 is 14.3 Å². The number of methoxy groups -OCH3 is 2. The van der Waals surface area contributed by atoms with Gasteiger partial charge < -0.3 is 18.9 Å². The highest BCUT2D eigenvalue weighted by atomic mass is 16.5. The standard InChI is InChI=1S/C23H24N4O5/c1-31-18-7-6-15-9-24-27(23(30)21(15)22(18)32-2)13-20(29)25-10-14-8-16(12-25)17-4-3-5-19(28)26(17)11-14/h3-7,9,14,16H,8,10-13H2,1-2H3/t14-,16+/m0/s1. The number of benzene rings is 1. The summed E-state index contributed by atoms with van der Waals surface area (Å²) < 4.78 is 13.7. The van der Waals surface area contributed by atoms with Crippen LogP contribution in [0.4, 0.5) is 0 Å². The Kier molecular flexibility index (Phi) is 4.96. The lowest BCUT2D eigenvalue weighted by Gasteiger charge is -2.42. The molecule has 9 heteroatoms. The zero-order valence-corrected chi connectivity index (χ0v) is 18.0. The van der Waals surface area contributed by atoms with E-state index >= 15 is 0 Å². The molecular weight excluding hydrogens is 412 g/mol. The van der Waals surface area contributed by atoms with Crippen LogP contribution in [-0.4, -0.2) is 52.5 Å². The lowest BCUT2D eigenvalue weighted by atomic mass is 9.83. The minimum absolute atomic E-state index is 0.00766. The summed E-state index contributed by atoms with van der Waals surface area (Å²) >= 11 is 0. The van der Waals surface area contributed by atoms with Crippen LogP contribution in [0.25, 0.3) is 10.8 Å². The molecule has 4 heterocycles. The molecule has 2 bridgehead atoms. The molecule has 9 nitrogen and oxygen atoms in total. The highest BCUT2D eigenvalue weighted by molar-refractivity contribution is 5.89. The third-order valence-corrected chi connectivity index (χ3v) is 6.48. The molecule has 3 aromatic rings. The summed E-state index contributed by atoms with van der Waals surface area (Å²) in [6.45, 7) is 1.55. The highest BCUT2D eigenvalue weighted by Crippen LogP contribution is 2.35. The molecule has 166 valence electrons. The van der Waals surface area contributed by atoms with Gasteiger partial charge in [-0.1, -0.05) is 6.07 Å². The second kappa shape index (κ2) is 7.81. The Balaban J connectivity index is 1.43. The summed E-state index contributed by atoms with van der Waals surface area (Å²) in [5, 5.41) is 5.16. The first kappa shape index (κ1) is 20.3. The molecule has 1 aromatic carbocycles. The molecule has 1 fully saturated rings. The normalized spacial score (nSPS) is 19.5. The Bertz CT molecular complexity index is 1330. The molecule has 1 saturated heterocycles. The van der Waals surface area contributed by atoms with Gasteiger partial charge in [-0.15, -0.1) is 0 Å². The molecule has 2 atom stereocenters. The molecule has 0 saturated carbocycles. The number of carbonyl (C=O) groups is 1. The number of likely N-dealkylation sites (tertiary alicyclic amines) is 1. The maximum Gasteiger partial charge on any atom is 0.279 e. The van der Waals surface area contributed by atoms with Gasteiger partial charge in [0.05, 0.1) is 25.8 Å². The van der Waals surface area contributed by atoms with E-state index in [9.17, 15) is 14.4 Å². The van der Waals surface area contributed by atoms with E-state index in [4.69, 9.17) is 9.47 Å². The molecule has 0 spiro atoms. The van der Waals surface area contributed by atoms with Crippen LogP contribution in [0.5, 0.6) is 11.5 Å². The molecule has 2 aliphatic rings. The average Bonchev–Trinajstić information content (AvgIpc) is 2.80. The minimum atomic E-state index is -0.402. The second-order valence-electron chi connectivity index (χ2n) is 8.37. The van der Waals surface area contributed by atoms with E-state index in [1.54, 1.807) is 35.4 Å². The van der Waals surface area contributed by atoms with Gasteiger partial charge >= 0.3 is 0 Å². The lowest BCUT2D eigenvalue weighted by molar-refractivity contribution is -0.134. The molecule has 2 aromatic heterocycles. The number of hydrogen-bond donors (Lipinski definition) is 0. The van der Waals surface area contributed by atoms with Crippen molar-refractivity contribution in [3.8, 4) is 11.5 Å². The van der Waals surface area contributed by atoms with E-state index in [1.165, 1.54) is 18.9 Å². The average molecular weight is 436 g/mol. The van der Waals surface area contributed by atoms with Gasteiger partial charge in [-0.2, -0.15) is 5.10 Å². The number of nitrogens with zero attached hydrogens (tertiary/aromatic N) is 4. The predicted molar refractivity (Wildman–Crippen MR) is 117 cm³/mol. The smallest absolute Gasteiger partial charge is 0.279 e. The number of piperidine rings is 1. The second-order valence-corrected chi connectivity index (χ2v) is 8.37. The highest BCUT2D eigenvalue weighted by Gasteiger charge is 2.36. The van der Waals surface area contributed by atoms with Gasteiger partial charge in [0.2, 0.25) is 5.91 Å². The fourth-order valence-electron chi connectivity index (χ4n) is 5.02. The molecule has 0 radical (unpaired) electrons. The van der Waals surface area contributed by atoms with E-state index in [-0.39, 0.29) is 29.8 Å².